The fourth-order valence-electron chi connectivity index (χ4n) is 10.7. The SMILES string of the molecule is CC1C/C=C(\c2ccc3c(c2)oc2ccccc23)N=C(c2ccc(-n3c4cc5ccccc5cc4c4c5ccccc5ccc43)c3oc4ccccc4c23)N=C1c1cccc2ccccc12. The van der Waals surface area contributed by atoms with Gasteiger partial charge in [-0.1, -0.05) is 153 Å². The normalized spacial score (nSPS) is 15.6. The van der Waals surface area contributed by atoms with Crippen molar-refractivity contribution in [3.63, 3.8) is 0 Å². The summed E-state index contributed by atoms with van der Waals surface area (Å²) in [7, 11) is 0. The third-order valence-corrected chi connectivity index (χ3v) is 13.8. The molecule has 0 N–H and O–H groups in total. The van der Waals surface area contributed by atoms with Crippen LogP contribution in [0.5, 0.6) is 0 Å². The smallest absolute Gasteiger partial charge is 0.160 e. The van der Waals surface area contributed by atoms with Crippen LogP contribution in [0.1, 0.15) is 30.0 Å². The van der Waals surface area contributed by atoms with Crippen LogP contribution in [-0.2, 0) is 0 Å². The highest BCUT2D eigenvalue weighted by molar-refractivity contribution is 6.27. The summed E-state index contributed by atoms with van der Waals surface area (Å²) in [6.07, 6.45) is 3.03. The van der Waals surface area contributed by atoms with Gasteiger partial charge in [-0.25, -0.2) is 9.98 Å². The Kier molecular flexibility index (Phi) is 7.96. The van der Waals surface area contributed by atoms with E-state index in [4.69, 9.17) is 18.8 Å². The lowest BCUT2D eigenvalue weighted by Gasteiger charge is -2.20. The molecule has 310 valence electrons. The van der Waals surface area contributed by atoms with Crippen molar-refractivity contribution in [3.8, 4) is 5.69 Å². The fraction of sp³-hybridized carbons (Fsp3) is 0.0492. The highest BCUT2D eigenvalue weighted by Gasteiger charge is 2.26. The lowest BCUT2D eigenvalue weighted by atomic mass is 9.90. The molecule has 1 atom stereocenters. The second kappa shape index (κ2) is 14.2. The van der Waals surface area contributed by atoms with Gasteiger partial charge in [0.25, 0.3) is 0 Å². The maximum absolute atomic E-state index is 7.10. The Balaban J connectivity index is 1.06. The lowest BCUT2D eigenvalue weighted by molar-refractivity contribution is 0.666. The number of rotatable bonds is 4. The summed E-state index contributed by atoms with van der Waals surface area (Å²) >= 11 is 0. The van der Waals surface area contributed by atoms with Gasteiger partial charge in [-0.15, -0.1) is 0 Å². The summed E-state index contributed by atoms with van der Waals surface area (Å²) in [6, 6.07) is 69.1. The molecule has 0 saturated carbocycles. The first-order chi connectivity index (χ1) is 32.6. The summed E-state index contributed by atoms with van der Waals surface area (Å²) in [6.45, 7) is 2.28. The second-order valence-corrected chi connectivity index (χ2v) is 17.7. The van der Waals surface area contributed by atoms with E-state index in [0.717, 1.165) is 95.1 Å². The number of aliphatic imine (C=N–C) groups is 2. The van der Waals surface area contributed by atoms with Crippen LogP contribution in [0.3, 0.4) is 0 Å². The summed E-state index contributed by atoms with van der Waals surface area (Å²) in [5.74, 6) is 0.701. The summed E-state index contributed by atoms with van der Waals surface area (Å²) in [4.78, 5) is 11.4. The summed E-state index contributed by atoms with van der Waals surface area (Å²) in [5, 5.41) is 13.8. The largest absolute Gasteiger partial charge is 0.456 e. The molecule has 0 spiro atoms. The molecule has 13 aromatic rings. The van der Waals surface area contributed by atoms with Crippen molar-refractivity contribution in [2.45, 2.75) is 13.3 Å². The van der Waals surface area contributed by atoms with Crippen LogP contribution >= 0.6 is 0 Å². The highest BCUT2D eigenvalue weighted by atomic mass is 16.3. The van der Waals surface area contributed by atoms with E-state index in [0.29, 0.717) is 5.84 Å². The van der Waals surface area contributed by atoms with E-state index in [1.807, 2.05) is 18.2 Å². The number of amidine groups is 1. The molecule has 0 radical (unpaired) electrons. The number of allylic oxidation sites excluding steroid dienone is 1. The highest BCUT2D eigenvalue weighted by Crippen LogP contribution is 2.43. The van der Waals surface area contributed by atoms with Crippen LogP contribution in [0.25, 0.3) is 109 Å². The number of nitrogens with zero attached hydrogens (tertiary/aromatic N) is 3. The van der Waals surface area contributed by atoms with E-state index < -0.39 is 0 Å². The van der Waals surface area contributed by atoms with Crippen molar-refractivity contribution in [2.24, 2.45) is 15.9 Å². The van der Waals surface area contributed by atoms with Crippen molar-refractivity contribution in [2.75, 3.05) is 0 Å². The molecule has 14 rings (SSSR count). The fourth-order valence-corrected chi connectivity index (χ4v) is 10.7. The number of hydrogen-bond acceptors (Lipinski definition) is 4. The van der Waals surface area contributed by atoms with Crippen LogP contribution in [-0.4, -0.2) is 16.1 Å². The zero-order valence-corrected chi connectivity index (χ0v) is 36.0. The van der Waals surface area contributed by atoms with E-state index >= 15 is 0 Å². The maximum atomic E-state index is 7.10. The average Bonchev–Trinajstić information content (AvgIpc) is 4.04. The van der Waals surface area contributed by atoms with Crippen LogP contribution in [0.15, 0.2) is 219 Å². The van der Waals surface area contributed by atoms with E-state index in [9.17, 15) is 0 Å². The Morgan fingerprint density at radius 3 is 1.95 bits per heavy atom. The Morgan fingerprint density at radius 1 is 0.455 bits per heavy atom. The zero-order chi connectivity index (χ0) is 43.5. The molecule has 4 heterocycles. The standard InChI is InChI=1S/C61H39N3O2/c1-36-25-30-50(41-26-28-45-44-20-8-10-23-54(44)65-56(45)35-41)62-61(63-59(36)46-22-12-17-37-13-4-6-18-42(37)46)48-29-32-52(60-58(48)47-21-9-11-24-55(47)66-60)64-51-31-27-38-14-5-7-19-43(38)57(51)49-33-39-15-2-3-16-40(39)34-53(49)64/h2-24,26-36H,25H2,1H3/b50-30+,62-61?,63-59?. The second-order valence-electron chi connectivity index (χ2n) is 17.7. The van der Waals surface area contributed by atoms with Crippen LogP contribution in [0, 0.1) is 5.92 Å². The molecule has 0 amide bonds. The van der Waals surface area contributed by atoms with E-state index in [1.54, 1.807) is 0 Å². The molecule has 10 aromatic carbocycles. The number of aromatic nitrogens is 1. The Labute approximate surface area is 378 Å². The van der Waals surface area contributed by atoms with Crippen LogP contribution in [0.2, 0.25) is 0 Å². The predicted molar refractivity (Wildman–Crippen MR) is 276 cm³/mol. The molecule has 0 aliphatic carbocycles. The molecule has 0 saturated heterocycles. The van der Waals surface area contributed by atoms with Crippen LogP contribution in [0.4, 0.5) is 0 Å². The minimum atomic E-state index is 0.0735. The van der Waals surface area contributed by atoms with Gasteiger partial charge in [-0.3, -0.25) is 0 Å². The molecule has 3 aromatic heterocycles. The number of para-hydroxylation sites is 2. The van der Waals surface area contributed by atoms with Gasteiger partial charge in [-0.05, 0) is 93.3 Å². The predicted octanol–water partition coefficient (Wildman–Crippen LogP) is 16.4. The molecule has 0 fully saturated rings. The van der Waals surface area contributed by atoms with Gasteiger partial charge in [0.2, 0.25) is 0 Å². The van der Waals surface area contributed by atoms with E-state index in [1.165, 1.54) is 43.1 Å². The molecule has 1 aliphatic rings. The number of benzene rings is 10. The van der Waals surface area contributed by atoms with E-state index in [2.05, 4.69) is 193 Å². The summed E-state index contributed by atoms with van der Waals surface area (Å²) < 4.78 is 15.9. The van der Waals surface area contributed by atoms with Crippen molar-refractivity contribution in [3.05, 3.63) is 217 Å². The lowest BCUT2D eigenvalue weighted by Crippen LogP contribution is -2.17. The topological polar surface area (TPSA) is 55.9 Å². The number of furan rings is 2. The Hall–Kier alpha value is -8.54. The molecule has 5 nitrogen and oxygen atoms in total. The quantitative estimate of drug-likeness (QED) is 0.177. The molecule has 0 bridgehead atoms. The minimum absolute atomic E-state index is 0.0735. The van der Waals surface area contributed by atoms with Gasteiger partial charge >= 0.3 is 0 Å². The van der Waals surface area contributed by atoms with Gasteiger partial charge in [0.1, 0.15) is 16.7 Å². The molecule has 66 heavy (non-hydrogen) atoms. The summed E-state index contributed by atoms with van der Waals surface area (Å²) in [5.41, 5.74) is 11.3. The van der Waals surface area contributed by atoms with Gasteiger partial charge in [-0.2, -0.15) is 0 Å². The Bertz CT molecular complexity index is 4280. The molecule has 5 heteroatoms. The number of hydrogen-bond donors (Lipinski definition) is 0. The van der Waals surface area contributed by atoms with Gasteiger partial charge in [0.15, 0.2) is 11.4 Å². The first-order valence-corrected chi connectivity index (χ1v) is 22.7. The van der Waals surface area contributed by atoms with Crippen LogP contribution < -0.4 is 0 Å². The van der Waals surface area contributed by atoms with Crippen molar-refractivity contribution >= 4 is 115 Å². The number of fused-ring (bicyclic) bond motifs is 13. The van der Waals surface area contributed by atoms with Gasteiger partial charge < -0.3 is 13.4 Å². The molecule has 1 aliphatic heterocycles. The molecular formula is C61H39N3O2. The maximum Gasteiger partial charge on any atom is 0.160 e. The zero-order valence-electron chi connectivity index (χ0n) is 36.0. The van der Waals surface area contributed by atoms with Crippen molar-refractivity contribution in [1.29, 1.82) is 0 Å². The molecular weight excluding hydrogens is 807 g/mol. The van der Waals surface area contributed by atoms with E-state index in [-0.39, 0.29) is 5.92 Å². The van der Waals surface area contributed by atoms with Crippen molar-refractivity contribution < 1.29 is 8.83 Å². The van der Waals surface area contributed by atoms with Gasteiger partial charge in [0, 0.05) is 54.9 Å². The average molecular weight is 846 g/mol. The third kappa shape index (κ3) is 5.53. The minimum Gasteiger partial charge on any atom is -0.456 e. The molecule has 1 unspecified atom stereocenters. The van der Waals surface area contributed by atoms with Gasteiger partial charge in [0.05, 0.1) is 28.1 Å². The first-order valence-electron chi connectivity index (χ1n) is 22.7. The first kappa shape index (κ1) is 36.9. The monoisotopic (exact) mass is 845 g/mol. The third-order valence-electron chi connectivity index (χ3n) is 13.8. The van der Waals surface area contributed by atoms with Crippen molar-refractivity contribution in [1.82, 2.24) is 4.57 Å². The Morgan fingerprint density at radius 2 is 1.12 bits per heavy atom.